The Morgan fingerprint density at radius 2 is 2.13 bits per heavy atom. The standard InChI is InChI=1S/C12H20N2S/c1-4-11(13)12-6-5-10(7-14-12)15-8-9(2)3/h5-7,9,11H,4,8,13H2,1-3H3/t11-/m0/s1. The molecule has 0 bridgehead atoms. The molecule has 0 spiro atoms. The van der Waals surface area contributed by atoms with Crippen LogP contribution in [0, 0.1) is 5.92 Å². The van der Waals surface area contributed by atoms with Gasteiger partial charge in [0.2, 0.25) is 0 Å². The van der Waals surface area contributed by atoms with Gasteiger partial charge >= 0.3 is 0 Å². The van der Waals surface area contributed by atoms with Crippen molar-refractivity contribution in [3.05, 3.63) is 24.0 Å². The van der Waals surface area contributed by atoms with E-state index in [2.05, 4.69) is 31.8 Å². The predicted octanol–water partition coefficient (Wildman–Crippen LogP) is 3.24. The van der Waals surface area contributed by atoms with Crippen molar-refractivity contribution in [2.24, 2.45) is 11.7 Å². The Bertz CT molecular complexity index is 282. The number of pyridine rings is 1. The molecule has 1 aromatic heterocycles. The van der Waals surface area contributed by atoms with Gasteiger partial charge in [0.1, 0.15) is 0 Å². The Hall–Kier alpha value is -0.540. The summed E-state index contributed by atoms with van der Waals surface area (Å²) in [6.07, 6.45) is 2.86. The number of nitrogens with zero attached hydrogens (tertiary/aromatic N) is 1. The van der Waals surface area contributed by atoms with Gasteiger partial charge in [-0.3, -0.25) is 4.98 Å². The molecule has 2 N–H and O–H groups in total. The summed E-state index contributed by atoms with van der Waals surface area (Å²) >= 11 is 1.85. The molecule has 1 heterocycles. The molecule has 1 rings (SSSR count). The van der Waals surface area contributed by atoms with Crippen LogP contribution in [0.25, 0.3) is 0 Å². The van der Waals surface area contributed by atoms with E-state index in [1.54, 1.807) is 0 Å². The first-order chi connectivity index (χ1) is 7.13. The molecule has 0 radical (unpaired) electrons. The van der Waals surface area contributed by atoms with Gasteiger partial charge in [-0.05, 0) is 24.5 Å². The molecule has 15 heavy (non-hydrogen) atoms. The lowest BCUT2D eigenvalue weighted by molar-refractivity contribution is 0.674. The first-order valence-electron chi connectivity index (χ1n) is 5.47. The highest BCUT2D eigenvalue weighted by molar-refractivity contribution is 7.99. The van der Waals surface area contributed by atoms with Crippen molar-refractivity contribution in [2.75, 3.05) is 5.75 Å². The van der Waals surface area contributed by atoms with Crippen LogP contribution in [-0.2, 0) is 0 Å². The fourth-order valence-corrected chi connectivity index (χ4v) is 1.99. The minimum Gasteiger partial charge on any atom is -0.323 e. The van der Waals surface area contributed by atoms with E-state index < -0.39 is 0 Å². The first kappa shape index (κ1) is 12.5. The van der Waals surface area contributed by atoms with Gasteiger partial charge in [0.15, 0.2) is 0 Å². The Labute approximate surface area is 96.7 Å². The van der Waals surface area contributed by atoms with Gasteiger partial charge in [0, 0.05) is 22.9 Å². The van der Waals surface area contributed by atoms with E-state index in [4.69, 9.17) is 5.73 Å². The lowest BCUT2D eigenvalue weighted by Gasteiger charge is -2.09. The van der Waals surface area contributed by atoms with E-state index in [-0.39, 0.29) is 6.04 Å². The molecule has 3 heteroatoms. The van der Waals surface area contributed by atoms with Crippen LogP contribution < -0.4 is 5.73 Å². The van der Waals surface area contributed by atoms with Crippen LogP contribution in [0.1, 0.15) is 38.9 Å². The van der Waals surface area contributed by atoms with Crippen molar-refractivity contribution in [3.63, 3.8) is 0 Å². The quantitative estimate of drug-likeness (QED) is 0.780. The average molecular weight is 224 g/mol. The first-order valence-corrected chi connectivity index (χ1v) is 6.46. The number of aromatic nitrogens is 1. The second-order valence-electron chi connectivity index (χ2n) is 4.14. The molecule has 0 aliphatic carbocycles. The van der Waals surface area contributed by atoms with Crippen LogP contribution in [0.4, 0.5) is 0 Å². The van der Waals surface area contributed by atoms with Gasteiger partial charge in [0.25, 0.3) is 0 Å². The van der Waals surface area contributed by atoms with Crippen LogP contribution >= 0.6 is 11.8 Å². The zero-order valence-corrected chi connectivity index (χ0v) is 10.6. The van der Waals surface area contributed by atoms with E-state index in [0.717, 1.165) is 17.9 Å². The Morgan fingerprint density at radius 3 is 2.60 bits per heavy atom. The molecule has 0 aliphatic heterocycles. The van der Waals surface area contributed by atoms with Gasteiger partial charge in [-0.25, -0.2) is 0 Å². The van der Waals surface area contributed by atoms with Crippen molar-refractivity contribution in [2.45, 2.75) is 38.1 Å². The van der Waals surface area contributed by atoms with Gasteiger partial charge in [-0.2, -0.15) is 0 Å². The third-order valence-corrected chi connectivity index (χ3v) is 3.57. The van der Waals surface area contributed by atoms with E-state index in [0.29, 0.717) is 5.92 Å². The van der Waals surface area contributed by atoms with Gasteiger partial charge in [-0.15, -0.1) is 11.8 Å². The molecule has 84 valence electrons. The Balaban J connectivity index is 2.56. The van der Waals surface area contributed by atoms with Crippen LogP contribution in [0.5, 0.6) is 0 Å². The second kappa shape index (κ2) is 6.13. The van der Waals surface area contributed by atoms with E-state index in [1.165, 1.54) is 4.90 Å². The topological polar surface area (TPSA) is 38.9 Å². The normalized spacial score (nSPS) is 13.1. The summed E-state index contributed by atoms with van der Waals surface area (Å²) in [5, 5.41) is 0. The Kier molecular flexibility index (Phi) is 5.12. The maximum atomic E-state index is 5.90. The maximum absolute atomic E-state index is 5.90. The van der Waals surface area contributed by atoms with Crippen molar-refractivity contribution in [1.82, 2.24) is 4.98 Å². The van der Waals surface area contributed by atoms with Crippen LogP contribution in [0.15, 0.2) is 23.2 Å². The molecule has 0 aromatic carbocycles. The highest BCUT2D eigenvalue weighted by Crippen LogP contribution is 2.21. The smallest absolute Gasteiger partial charge is 0.0571 e. The molecule has 0 unspecified atom stereocenters. The average Bonchev–Trinajstić information content (AvgIpc) is 2.26. The highest BCUT2D eigenvalue weighted by atomic mass is 32.2. The fourth-order valence-electron chi connectivity index (χ4n) is 1.17. The summed E-state index contributed by atoms with van der Waals surface area (Å²) in [5.74, 6) is 1.86. The zero-order valence-electron chi connectivity index (χ0n) is 9.73. The van der Waals surface area contributed by atoms with Crippen molar-refractivity contribution >= 4 is 11.8 Å². The largest absolute Gasteiger partial charge is 0.323 e. The Morgan fingerprint density at radius 1 is 1.40 bits per heavy atom. The summed E-state index contributed by atoms with van der Waals surface area (Å²) in [5.41, 5.74) is 6.89. The van der Waals surface area contributed by atoms with E-state index in [1.807, 2.05) is 24.0 Å². The molecule has 0 saturated heterocycles. The van der Waals surface area contributed by atoms with Crippen LogP contribution in [0.3, 0.4) is 0 Å². The third kappa shape index (κ3) is 4.22. The minimum absolute atomic E-state index is 0.0779. The lowest BCUT2D eigenvalue weighted by atomic mass is 10.1. The van der Waals surface area contributed by atoms with Gasteiger partial charge < -0.3 is 5.73 Å². The van der Waals surface area contributed by atoms with Crippen molar-refractivity contribution in [1.29, 1.82) is 0 Å². The molecular weight excluding hydrogens is 204 g/mol. The van der Waals surface area contributed by atoms with Crippen LogP contribution in [-0.4, -0.2) is 10.7 Å². The van der Waals surface area contributed by atoms with Crippen molar-refractivity contribution < 1.29 is 0 Å². The molecule has 0 aliphatic rings. The molecule has 0 amide bonds. The van der Waals surface area contributed by atoms with Crippen LogP contribution in [0.2, 0.25) is 0 Å². The molecule has 1 aromatic rings. The molecule has 0 saturated carbocycles. The minimum atomic E-state index is 0.0779. The summed E-state index contributed by atoms with van der Waals surface area (Å²) in [6, 6.07) is 4.23. The summed E-state index contributed by atoms with van der Waals surface area (Å²) in [4.78, 5) is 5.61. The summed E-state index contributed by atoms with van der Waals surface area (Å²) < 4.78 is 0. The third-order valence-electron chi connectivity index (χ3n) is 2.16. The molecular formula is C12H20N2S. The SMILES string of the molecule is CC[C@H](N)c1ccc(SCC(C)C)cn1. The van der Waals surface area contributed by atoms with Crippen molar-refractivity contribution in [3.8, 4) is 0 Å². The summed E-state index contributed by atoms with van der Waals surface area (Å²) in [7, 11) is 0. The number of rotatable bonds is 5. The predicted molar refractivity (Wildman–Crippen MR) is 67.0 cm³/mol. The number of thioether (sulfide) groups is 1. The monoisotopic (exact) mass is 224 g/mol. The maximum Gasteiger partial charge on any atom is 0.0571 e. The lowest BCUT2D eigenvalue weighted by Crippen LogP contribution is -2.10. The fraction of sp³-hybridized carbons (Fsp3) is 0.583. The number of hydrogen-bond donors (Lipinski definition) is 1. The summed E-state index contributed by atoms with van der Waals surface area (Å²) in [6.45, 7) is 6.53. The van der Waals surface area contributed by atoms with Gasteiger partial charge in [-0.1, -0.05) is 20.8 Å². The highest BCUT2D eigenvalue weighted by Gasteiger charge is 2.04. The van der Waals surface area contributed by atoms with E-state index in [9.17, 15) is 0 Å². The molecule has 0 fully saturated rings. The number of hydrogen-bond acceptors (Lipinski definition) is 3. The second-order valence-corrected chi connectivity index (χ2v) is 5.23. The van der Waals surface area contributed by atoms with Gasteiger partial charge in [0.05, 0.1) is 5.69 Å². The number of nitrogens with two attached hydrogens (primary N) is 1. The molecule has 2 nitrogen and oxygen atoms in total. The zero-order chi connectivity index (χ0) is 11.3. The molecule has 1 atom stereocenters. The van der Waals surface area contributed by atoms with E-state index >= 15 is 0 Å².